The molecule has 0 fully saturated rings. The van der Waals surface area contributed by atoms with Crippen molar-refractivity contribution in [3.05, 3.63) is 70.3 Å². The molecule has 0 saturated heterocycles. The van der Waals surface area contributed by atoms with Gasteiger partial charge < -0.3 is 10.4 Å². The van der Waals surface area contributed by atoms with E-state index in [0.29, 0.717) is 5.56 Å². The van der Waals surface area contributed by atoms with E-state index in [1.165, 1.54) is 18.2 Å². The standard InChI is InChI=1S/C18H15ClN2O2/c1-12(14-5-3-2-4-6-14)21-18(23)15(11-20)9-13-7-8-17(22)16(19)10-13/h2-10,12,22H,1H3,(H,21,23)/b15-9-/t12-/m0/s1. The molecule has 2 rings (SSSR count). The summed E-state index contributed by atoms with van der Waals surface area (Å²) >= 11 is 5.82. The SMILES string of the molecule is C[C@H](NC(=O)/C(C#N)=C\c1ccc(O)c(Cl)c1)c1ccccc1. The Morgan fingerprint density at radius 3 is 2.61 bits per heavy atom. The van der Waals surface area contributed by atoms with Crippen LogP contribution in [-0.4, -0.2) is 11.0 Å². The Hall–Kier alpha value is -2.77. The molecular weight excluding hydrogens is 312 g/mol. The number of hydrogen-bond donors (Lipinski definition) is 2. The predicted octanol–water partition coefficient (Wildman–Crippen LogP) is 3.83. The third kappa shape index (κ3) is 4.35. The van der Waals surface area contributed by atoms with E-state index in [-0.39, 0.29) is 22.4 Å². The highest BCUT2D eigenvalue weighted by atomic mass is 35.5. The Morgan fingerprint density at radius 2 is 2.00 bits per heavy atom. The highest BCUT2D eigenvalue weighted by Gasteiger charge is 2.13. The van der Waals surface area contributed by atoms with Crippen LogP contribution in [0.5, 0.6) is 5.75 Å². The third-order valence-corrected chi connectivity index (χ3v) is 3.60. The van der Waals surface area contributed by atoms with Crippen molar-refractivity contribution in [2.24, 2.45) is 0 Å². The van der Waals surface area contributed by atoms with Crippen molar-refractivity contribution in [1.29, 1.82) is 5.26 Å². The minimum Gasteiger partial charge on any atom is -0.506 e. The molecule has 1 amide bonds. The summed E-state index contributed by atoms with van der Waals surface area (Å²) in [6.45, 7) is 1.85. The van der Waals surface area contributed by atoms with Crippen LogP contribution in [0, 0.1) is 11.3 Å². The molecule has 4 nitrogen and oxygen atoms in total. The Labute approximate surface area is 139 Å². The molecule has 0 saturated carbocycles. The molecule has 2 aromatic rings. The molecule has 0 aliphatic carbocycles. The van der Waals surface area contributed by atoms with Gasteiger partial charge in [-0.2, -0.15) is 5.26 Å². The number of phenols is 1. The monoisotopic (exact) mass is 326 g/mol. The van der Waals surface area contributed by atoms with Crippen LogP contribution in [0.4, 0.5) is 0 Å². The molecule has 2 N–H and O–H groups in total. The quantitative estimate of drug-likeness (QED) is 0.662. The maximum Gasteiger partial charge on any atom is 0.262 e. The molecule has 0 aromatic heterocycles. The summed E-state index contributed by atoms with van der Waals surface area (Å²) < 4.78 is 0. The fraction of sp³-hybridized carbons (Fsp3) is 0.111. The van der Waals surface area contributed by atoms with Gasteiger partial charge in [-0.25, -0.2) is 0 Å². The minimum atomic E-state index is -0.465. The van der Waals surface area contributed by atoms with Crippen molar-refractivity contribution in [2.45, 2.75) is 13.0 Å². The second-order valence-corrected chi connectivity index (χ2v) is 5.39. The molecular formula is C18H15ClN2O2. The number of nitriles is 1. The zero-order chi connectivity index (χ0) is 16.8. The lowest BCUT2D eigenvalue weighted by atomic mass is 10.1. The molecule has 0 unspecified atom stereocenters. The van der Waals surface area contributed by atoms with E-state index in [9.17, 15) is 15.2 Å². The smallest absolute Gasteiger partial charge is 0.262 e. The van der Waals surface area contributed by atoms with Gasteiger partial charge in [-0.1, -0.05) is 48.0 Å². The first-order chi connectivity index (χ1) is 11.0. The van der Waals surface area contributed by atoms with Gasteiger partial charge in [0.05, 0.1) is 11.1 Å². The molecule has 0 aliphatic rings. The summed E-state index contributed by atoms with van der Waals surface area (Å²) in [7, 11) is 0. The Balaban J connectivity index is 2.17. The first-order valence-corrected chi connectivity index (χ1v) is 7.35. The lowest BCUT2D eigenvalue weighted by molar-refractivity contribution is -0.117. The molecule has 0 radical (unpaired) electrons. The Morgan fingerprint density at radius 1 is 1.30 bits per heavy atom. The summed E-state index contributed by atoms with van der Waals surface area (Å²) in [5.74, 6) is -0.516. The van der Waals surface area contributed by atoms with Crippen molar-refractivity contribution in [3.63, 3.8) is 0 Å². The van der Waals surface area contributed by atoms with Crippen molar-refractivity contribution >= 4 is 23.6 Å². The van der Waals surface area contributed by atoms with Gasteiger partial charge in [0.15, 0.2) is 0 Å². The van der Waals surface area contributed by atoms with E-state index >= 15 is 0 Å². The van der Waals surface area contributed by atoms with Crippen molar-refractivity contribution < 1.29 is 9.90 Å². The second kappa shape index (κ2) is 7.48. The molecule has 0 bridgehead atoms. The molecule has 5 heteroatoms. The number of halogens is 1. The molecule has 2 aromatic carbocycles. The number of benzene rings is 2. The maximum absolute atomic E-state index is 12.2. The van der Waals surface area contributed by atoms with E-state index < -0.39 is 5.91 Å². The van der Waals surface area contributed by atoms with Crippen molar-refractivity contribution in [1.82, 2.24) is 5.32 Å². The molecule has 23 heavy (non-hydrogen) atoms. The van der Waals surface area contributed by atoms with E-state index in [4.69, 9.17) is 11.6 Å². The molecule has 0 aliphatic heterocycles. The fourth-order valence-corrected chi connectivity index (χ4v) is 2.22. The van der Waals surface area contributed by atoms with Gasteiger partial charge in [-0.3, -0.25) is 4.79 Å². The third-order valence-electron chi connectivity index (χ3n) is 3.29. The van der Waals surface area contributed by atoms with Crippen LogP contribution >= 0.6 is 11.6 Å². The van der Waals surface area contributed by atoms with E-state index in [1.54, 1.807) is 6.07 Å². The van der Waals surface area contributed by atoms with Crippen LogP contribution in [0.2, 0.25) is 5.02 Å². The fourth-order valence-electron chi connectivity index (χ4n) is 2.03. The summed E-state index contributed by atoms with van der Waals surface area (Å²) in [4.78, 5) is 12.2. The lowest BCUT2D eigenvalue weighted by Crippen LogP contribution is -2.27. The maximum atomic E-state index is 12.2. The molecule has 116 valence electrons. The zero-order valence-corrected chi connectivity index (χ0v) is 13.2. The van der Waals surface area contributed by atoms with Crippen LogP contribution in [0.3, 0.4) is 0 Å². The predicted molar refractivity (Wildman–Crippen MR) is 89.7 cm³/mol. The van der Waals surface area contributed by atoms with Crippen LogP contribution in [0.15, 0.2) is 54.1 Å². The van der Waals surface area contributed by atoms with Crippen molar-refractivity contribution in [3.8, 4) is 11.8 Å². The summed E-state index contributed by atoms with van der Waals surface area (Å²) in [6.07, 6.45) is 1.43. The number of nitrogens with zero attached hydrogens (tertiary/aromatic N) is 1. The second-order valence-electron chi connectivity index (χ2n) is 4.99. The number of nitrogens with one attached hydrogen (secondary N) is 1. The number of phenolic OH excluding ortho intramolecular Hbond substituents is 1. The summed E-state index contributed by atoms with van der Waals surface area (Å²) in [5.41, 5.74) is 1.48. The normalized spacial score (nSPS) is 12.3. The summed E-state index contributed by atoms with van der Waals surface area (Å²) in [5, 5.41) is 21.5. The number of hydrogen-bond acceptors (Lipinski definition) is 3. The van der Waals surface area contributed by atoms with Gasteiger partial charge in [-0.15, -0.1) is 0 Å². The van der Waals surface area contributed by atoms with Crippen LogP contribution in [0.1, 0.15) is 24.1 Å². The van der Waals surface area contributed by atoms with Gasteiger partial charge in [0.25, 0.3) is 5.91 Å². The Bertz CT molecular complexity index is 779. The molecule has 1 atom stereocenters. The van der Waals surface area contributed by atoms with Crippen LogP contribution < -0.4 is 5.32 Å². The zero-order valence-electron chi connectivity index (χ0n) is 12.5. The number of aromatic hydroxyl groups is 1. The first kappa shape index (κ1) is 16.6. The average molecular weight is 327 g/mol. The summed E-state index contributed by atoms with van der Waals surface area (Å²) in [6, 6.07) is 15.6. The van der Waals surface area contributed by atoms with E-state index in [0.717, 1.165) is 5.56 Å². The first-order valence-electron chi connectivity index (χ1n) is 6.97. The van der Waals surface area contributed by atoms with Gasteiger partial charge in [0.2, 0.25) is 0 Å². The number of rotatable bonds is 4. The van der Waals surface area contributed by atoms with Crippen LogP contribution in [0.25, 0.3) is 6.08 Å². The van der Waals surface area contributed by atoms with Gasteiger partial charge in [0.1, 0.15) is 17.4 Å². The largest absolute Gasteiger partial charge is 0.506 e. The van der Waals surface area contributed by atoms with E-state index in [1.807, 2.05) is 43.3 Å². The highest BCUT2D eigenvalue weighted by Crippen LogP contribution is 2.24. The van der Waals surface area contributed by atoms with E-state index in [2.05, 4.69) is 5.32 Å². The van der Waals surface area contributed by atoms with Crippen molar-refractivity contribution in [2.75, 3.05) is 0 Å². The molecule has 0 heterocycles. The van der Waals surface area contributed by atoms with Gasteiger partial charge in [-0.05, 0) is 36.3 Å². The number of amides is 1. The number of carbonyl (C=O) groups excluding carboxylic acids is 1. The topological polar surface area (TPSA) is 73.1 Å². The average Bonchev–Trinajstić information content (AvgIpc) is 2.56. The van der Waals surface area contributed by atoms with Gasteiger partial charge in [0, 0.05) is 0 Å². The van der Waals surface area contributed by atoms with Gasteiger partial charge >= 0.3 is 0 Å². The number of carbonyl (C=O) groups is 1. The Kier molecular flexibility index (Phi) is 5.40. The minimum absolute atomic E-state index is 0.0328. The lowest BCUT2D eigenvalue weighted by Gasteiger charge is -2.13. The van der Waals surface area contributed by atoms with Crippen LogP contribution in [-0.2, 0) is 4.79 Å². The highest BCUT2D eigenvalue weighted by molar-refractivity contribution is 6.32. The molecule has 0 spiro atoms.